The Hall–Kier alpha value is -1.83. The summed E-state index contributed by atoms with van der Waals surface area (Å²) in [6.07, 6.45) is 1.54. The highest BCUT2D eigenvalue weighted by atomic mass is 16.3. The first-order valence-corrected chi connectivity index (χ1v) is 7.24. The van der Waals surface area contributed by atoms with Crippen LogP contribution in [0.4, 0.5) is 0 Å². The molecule has 1 saturated heterocycles. The molecule has 21 heavy (non-hydrogen) atoms. The summed E-state index contributed by atoms with van der Waals surface area (Å²) in [7, 11) is 0. The molecule has 1 aliphatic heterocycles. The number of nitrogens with two attached hydrogens (primary N) is 1. The molecule has 1 heterocycles. The third kappa shape index (κ3) is 3.84. The van der Waals surface area contributed by atoms with Gasteiger partial charge in [-0.15, -0.1) is 0 Å². The molecule has 0 aromatic heterocycles. The third-order valence-electron chi connectivity index (χ3n) is 3.69. The summed E-state index contributed by atoms with van der Waals surface area (Å²) in [4.78, 5) is 14.5. The Kier molecular flexibility index (Phi) is 4.66. The maximum Gasteiger partial charge on any atom is 0.255 e. The molecule has 1 aliphatic rings. The predicted molar refractivity (Wildman–Crippen MR) is 82.9 cm³/mol. The number of hydrogen-bond donors (Lipinski definition) is 2. The number of rotatable bonds is 1. The Morgan fingerprint density at radius 3 is 2.95 bits per heavy atom. The van der Waals surface area contributed by atoms with E-state index in [4.69, 9.17) is 5.73 Å². The van der Waals surface area contributed by atoms with Crippen LogP contribution in [0.1, 0.15) is 41.3 Å². The summed E-state index contributed by atoms with van der Waals surface area (Å²) in [6, 6.07) is 5.64. The maximum atomic E-state index is 12.7. The predicted octanol–water partition coefficient (Wildman–Crippen LogP) is 1.29. The van der Waals surface area contributed by atoms with E-state index in [1.54, 1.807) is 11.8 Å². The van der Waals surface area contributed by atoms with Gasteiger partial charge in [-0.05, 0) is 38.8 Å². The lowest BCUT2D eigenvalue weighted by molar-refractivity contribution is -0.0107. The Balaban J connectivity index is 2.31. The average molecular weight is 286 g/mol. The zero-order chi connectivity index (χ0) is 15.5. The molecule has 0 aliphatic carbocycles. The van der Waals surface area contributed by atoms with Crippen molar-refractivity contribution < 1.29 is 9.90 Å². The van der Waals surface area contributed by atoms with Crippen molar-refractivity contribution in [3.05, 3.63) is 34.9 Å². The number of benzene rings is 1. The number of nitrogens with zero attached hydrogens (tertiary/aromatic N) is 1. The van der Waals surface area contributed by atoms with Crippen LogP contribution in [0.25, 0.3) is 0 Å². The standard InChI is InChI=1S/C17H22N2O2/c1-13-6-7-14(5-3-9-18)15(11-13)16(20)19-10-4-8-17(2,21)12-19/h6-7,11,21H,4,8-10,12,18H2,1-2H3. The molecule has 1 unspecified atom stereocenters. The molecule has 4 nitrogen and oxygen atoms in total. The molecule has 3 N–H and O–H groups in total. The van der Waals surface area contributed by atoms with E-state index in [1.807, 2.05) is 25.1 Å². The van der Waals surface area contributed by atoms with Gasteiger partial charge in [0.05, 0.1) is 17.7 Å². The van der Waals surface area contributed by atoms with Gasteiger partial charge in [0.2, 0.25) is 0 Å². The van der Waals surface area contributed by atoms with E-state index >= 15 is 0 Å². The van der Waals surface area contributed by atoms with Crippen LogP contribution in [0.3, 0.4) is 0 Å². The number of carbonyl (C=O) groups is 1. The number of hydrogen-bond acceptors (Lipinski definition) is 3. The van der Waals surface area contributed by atoms with Gasteiger partial charge in [0.1, 0.15) is 0 Å². The van der Waals surface area contributed by atoms with Gasteiger partial charge < -0.3 is 15.7 Å². The highest BCUT2D eigenvalue weighted by molar-refractivity contribution is 5.97. The Morgan fingerprint density at radius 1 is 1.52 bits per heavy atom. The Morgan fingerprint density at radius 2 is 2.29 bits per heavy atom. The number of β-amino-alcohol motifs (C(OH)–C–C–N with tert-alkyl or cyclic N) is 1. The molecule has 0 saturated carbocycles. The third-order valence-corrected chi connectivity index (χ3v) is 3.69. The molecule has 1 amide bonds. The summed E-state index contributed by atoms with van der Waals surface area (Å²) >= 11 is 0. The molecule has 1 atom stereocenters. The van der Waals surface area contributed by atoms with E-state index in [0.29, 0.717) is 24.2 Å². The number of carbonyl (C=O) groups excluding carboxylic acids is 1. The van der Waals surface area contributed by atoms with Gasteiger partial charge >= 0.3 is 0 Å². The summed E-state index contributed by atoms with van der Waals surface area (Å²) in [5, 5.41) is 10.2. The normalized spacial score (nSPS) is 21.6. The van der Waals surface area contributed by atoms with Gasteiger partial charge in [-0.3, -0.25) is 4.79 Å². The quantitative estimate of drug-likeness (QED) is 0.765. The zero-order valence-electron chi connectivity index (χ0n) is 12.6. The topological polar surface area (TPSA) is 66.6 Å². The van der Waals surface area contributed by atoms with Crippen LogP contribution in [-0.2, 0) is 0 Å². The fraction of sp³-hybridized carbons (Fsp3) is 0.471. The first kappa shape index (κ1) is 15.6. The lowest BCUT2D eigenvalue weighted by Crippen LogP contribution is -2.48. The van der Waals surface area contributed by atoms with Crippen molar-refractivity contribution >= 4 is 5.91 Å². The molecule has 0 spiro atoms. The average Bonchev–Trinajstić information content (AvgIpc) is 2.44. The highest BCUT2D eigenvalue weighted by Crippen LogP contribution is 2.23. The molecular formula is C17H22N2O2. The Bertz CT molecular complexity index is 597. The van der Waals surface area contributed by atoms with Crippen LogP contribution >= 0.6 is 0 Å². The smallest absolute Gasteiger partial charge is 0.255 e. The minimum Gasteiger partial charge on any atom is -0.388 e. The van der Waals surface area contributed by atoms with Crippen LogP contribution in [0, 0.1) is 18.8 Å². The lowest BCUT2D eigenvalue weighted by atomic mass is 9.94. The van der Waals surface area contributed by atoms with Gasteiger partial charge in [0.25, 0.3) is 5.91 Å². The number of aliphatic hydroxyl groups is 1. The van der Waals surface area contributed by atoms with E-state index in [1.165, 1.54) is 0 Å². The lowest BCUT2D eigenvalue weighted by Gasteiger charge is -2.37. The minimum absolute atomic E-state index is 0.0694. The largest absolute Gasteiger partial charge is 0.388 e. The van der Waals surface area contributed by atoms with E-state index < -0.39 is 5.60 Å². The number of likely N-dealkylation sites (tertiary alicyclic amines) is 1. The van der Waals surface area contributed by atoms with E-state index in [9.17, 15) is 9.90 Å². The van der Waals surface area contributed by atoms with Crippen LogP contribution < -0.4 is 5.73 Å². The van der Waals surface area contributed by atoms with Crippen molar-refractivity contribution in [3.63, 3.8) is 0 Å². The first-order chi connectivity index (χ1) is 9.93. The molecule has 4 heteroatoms. The minimum atomic E-state index is -0.805. The summed E-state index contributed by atoms with van der Waals surface area (Å²) < 4.78 is 0. The van der Waals surface area contributed by atoms with Crippen molar-refractivity contribution in [1.29, 1.82) is 0 Å². The fourth-order valence-electron chi connectivity index (χ4n) is 2.65. The SMILES string of the molecule is Cc1ccc(C#CCN)c(C(=O)N2CCCC(C)(O)C2)c1. The second kappa shape index (κ2) is 6.30. The molecule has 112 valence electrons. The highest BCUT2D eigenvalue weighted by Gasteiger charge is 2.31. The fourth-order valence-corrected chi connectivity index (χ4v) is 2.65. The molecule has 0 radical (unpaired) electrons. The monoisotopic (exact) mass is 286 g/mol. The second-order valence-electron chi connectivity index (χ2n) is 5.88. The van der Waals surface area contributed by atoms with Crippen molar-refractivity contribution in [2.45, 2.75) is 32.3 Å². The van der Waals surface area contributed by atoms with Gasteiger partial charge in [-0.25, -0.2) is 0 Å². The van der Waals surface area contributed by atoms with Gasteiger partial charge in [-0.2, -0.15) is 0 Å². The summed E-state index contributed by atoms with van der Waals surface area (Å²) in [6.45, 7) is 5.03. The molecular weight excluding hydrogens is 264 g/mol. The van der Waals surface area contributed by atoms with Crippen LogP contribution in [0.5, 0.6) is 0 Å². The number of piperidine rings is 1. The van der Waals surface area contributed by atoms with Crippen LogP contribution in [0.15, 0.2) is 18.2 Å². The summed E-state index contributed by atoms with van der Waals surface area (Å²) in [5.74, 6) is 5.68. The van der Waals surface area contributed by atoms with Crippen LogP contribution in [0.2, 0.25) is 0 Å². The first-order valence-electron chi connectivity index (χ1n) is 7.24. The van der Waals surface area contributed by atoms with Crippen molar-refractivity contribution in [2.24, 2.45) is 5.73 Å². The number of amides is 1. The van der Waals surface area contributed by atoms with E-state index in [0.717, 1.165) is 18.4 Å². The molecule has 1 aromatic carbocycles. The van der Waals surface area contributed by atoms with Gasteiger partial charge in [0.15, 0.2) is 0 Å². The van der Waals surface area contributed by atoms with Crippen molar-refractivity contribution in [2.75, 3.05) is 19.6 Å². The van der Waals surface area contributed by atoms with Crippen molar-refractivity contribution in [3.8, 4) is 11.8 Å². The van der Waals surface area contributed by atoms with Crippen molar-refractivity contribution in [1.82, 2.24) is 4.90 Å². The molecule has 1 fully saturated rings. The second-order valence-corrected chi connectivity index (χ2v) is 5.88. The Labute approximate surface area is 125 Å². The van der Waals surface area contributed by atoms with E-state index in [-0.39, 0.29) is 12.5 Å². The number of aryl methyl sites for hydroxylation is 1. The molecule has 2 rings (SSSR count). The summed E-state index contributed by atoms with van der Waals surface area (Å²) in [5.41, 5.74) is 6.91. The molecule has 0 bridgehead atoms. The van der Waals surface area contributed by atoms with Gasteiger partial charge in [-0.1, -0.05) is 23.5 Å². The zero-order valence-corrected chi connectivity index (χ0v) is 12.6. The van der Waals surface area contributed by atoms with E-state index in [2.05, 4.69) is 11.8 Å². The maximum absolute atomic E-state index is 12.7. The molecule has 1 aromatic rings. The van der Waals surface area contributed by atoms with Gasteiger partial charge in [0, 0.05) is 18.7 Å². The van der Waals surface area contributed by atoms with Crippen LogP contribution in [-0.4, -0.2) is 41.1 Å².